The van der Waals surface area contributed by atoms with Crippen molar-refractivity contribution in [3.63, 3.8) is 0 Å². The first kappa shape index (κ1) is 23.5. The third-order valence-corrected chi connectivity index (χ3v) is 6.27. The second kappa shape index (κ2) is 9.29. The number of nitrogens with one attached hydrogen (secondary N) is 2. The first-order valence-electron chi connectivity index (χ1n) is 11.6. The van der Waals surface area contributed by atoms with E-state index in [1.54, 1.807) is 24.4 Å². The summed E-state index contributed by atoms with van der Waals surface area (Å²) >= 11 is 0. The van der Waals surface area contributed by atoms with E-state index in [1.165, 1.54) is 15.8 Å². The van der Waals surface area contributed by atoms with Gasteiger partial charge in [-0.1, -0.05) is 45.0 Å². The molecule has 1 heterocycles. The van der Waals surface area contributed by atoms with Crippen molar-refractivity contribution in [1.82, 2.24) is 15.1 Å². The summed E-state index contributed by atoms with van der Waals surface area (Å²) in [5, 5.41) is 19.6. The number of urea groups is 1. The SMILES string of the molecule is CC(C)(C)c1ccc2c(c1)CC[C@H]2NC(=O)Nc1cccc2c1cnn2C(=O)CCCC(=O)O. The second-order valence-electron chi connectivity index (χ2n) is 9.79. The third kappa shape index (κ3) is 4.95. The predicted molar refractivity (Wildman–Crippen MR) is 130 cm³/mol. The van der Waals surface area contributed by atoms with Crippen molar-refractivity contribution in [3.05, 3.63) is 59.3 Å². The number of carboxylic acids is 1. The zero-order chi connectivity index (χ0) is 24.5. The predicted octanol–water partition coefficient (Wildman–Crippen LogP) is 5.04. The monoisotopic (exact) mass is 462 g/mol. The molecule has 8 heteroatoms. The fraction of sp³-hybridized carbons (Fsp3) is 0.385. The van der Waals surface area contributed by atoms with Crippen LogP contribution in [0.2, 0.25) is 0 Å². The molecule has 2 aromatic carbocycles. The highest BCUT2D eigenvalue weighted by Crippen LogP contribution is 2.34. The molecule has 0 saturated carbocycles. The molecule has 1 aliphatic rings. The highest BCUT2D eigenvalue weighted by molar-refractivity contribution is 6.02. The Morgan fingerprint density at radius 2 is 1.94 bits per heavy atom. The zero-order valence-electron chi connectivity index (χ0n) is 19.7. The van der Waals surface area contributed by atoms with Crippen molar-refractivity contribution in [2.45, 2.75) is 64.3 Å². The lowest BCUT2D eigenvalue weighted by Crippen LogP contribution is -2.31. The van der Waals surface area contributed by atoms with E-state index in [-0.39, 0.29) is 42.7 Å². The van der Waals surface area contributed by atoms with Crippen LogP contribution in [0.15, 0.2) is 42.6 Å². The highest BCUT2D eigenvalue weighted by Gasteiger charge is 2.26. The molecule has 0 radical (unpaired) electrons. The molecule has 4 rings (SSSR count). The van der Waals surface area contributed by atoms with Gasteiger partial charge in [0.15, 0.2) is 0 Å². The van der Waals surface area contributed by atoms with E-state index in [4.69, 9.17) is 5.11 Å². The summed E-state index contributed by atoms with van der Waals surface area (Å²) in [6.45, 7) is 6.58. The van der Waals surface area contributed by atoms with Gasteiger partial charge in [0.2, 0.25) is 5.91 Å². The van der Waals surface area contributed by atoms with E-state index in [2.05, 4.69) is 54.7 Å². The number of aliphatic carboxylic acids is 1. The summed E-state index contributed by atoms with van der Waals surface area (Å²) in [5.74, 6) is -1.22. The summed E-state index contributed by atoms with van der Waals surface area (Å²) in [4.78, 5) is 36.0. The third-order valence-electron chi connectivity index (χ3n) is 6.27. The van der Waals surface area contributed by atoms with E-state index < -0.39 is 5.97 Å². The van der Waals surface area contributed by atoms with Crippen LogP contribution in [-0.4, -0.2) is 32.8 Å². The molecule has 178 valence electrons. The Labute approximate surface area is 198 Å². The molecular formula is C26H30N4O4. The molecule has 1 aliphatic carbocycles. The van der Waals surface area contributed by atoms with Crippen LogP contribution in [0.3, 0.4) is 0 Å². The smallest absolute Gasteiger partial charge is 0.319 e. The van der Waals surface area contributed by atoms with Crippen LogP contribution >= 0.6 is 0 Å². The molecule has 8 nitrogen and oxygen atoms in total. The molecule has 0 spiro atoms. The quantitative estimate of drug-likeness (QED) is 0.475. The minimum absolute atomic E-state index is 0.0539. The van der Waals surface area contributed by atoms with Gasteiger partial charge in [0.25, 0.3) is 0 Å². The number of rotatable bonds is 6. The summed E-state index contributed by atoms with van der Waals surface area (Å²) in [6, 6.07) is 11.4. The molecule has 0 saturated heterocycles. The lowest BCUT2D eigenvalue weighted by molar-refractivity contribution is -0.137. The number of hydrogen-bond donors (Lipinski definition) is 3. The molecule has 1 atom stereocenters. The van der Waals surface area contributed by atoms with Crippen LogP contribution in [0.1, 0.15) is 74.0 Å². The minimum Gasteiger partial charge on any atom is -0.481 e. The normalized spacial score (nSPS) is 15.2. The van der Waals surface area contributed by atoms with E-state index in [1.807, 2.05) is 0 Å². The number of anilines is 1. The van der Waals surface area contributed by atoms with Crippen LogP contribution < -0.4 is 10.6 Å². The first-order valence-corrected chi connectivity index (χ1v) is 11.6. The minimum atomic E-state index is -0.935. The van der Waals surface area contributed by atoms with Crippen LogP contribution in [-0.2, 0) is 16.6 Å². The maximum Gasteiger partial charge on any atom is 0.319 e. The van der Waals surface area contributed by atoms with Gasteiger partial charge >= 0.3 is 12.0 Å². The van der Waals surface area contributed by atoms with Gasteiger partial charge < -0.3 is 15.7 Å². The summed E-state index contributed by atoms with van der Waals surface area (Å²) < 4.78 is 1.26. The van der Waals surface area contributed by atoms with Gasteiger partial charge in [-0.15, -0.1) is 0 Å². The second-order valence-corrected chi connectivity index (χ2v) is 9.79. The Morgan fingerprint density at radius 3 is 2.68 bits per heavy atom. The molecule has 3 aromatic rings. The number of amides is 2. The number of carbonyl (C=O) groups excluding carboxylic acids is 2. The van der Waals surface area contributed by atoms with Crippen molar-refractivity contribution in [3.8, 4) is 0 Å². The molecule has 34 heavy (non-hydrogen) atoms. The van der Waals surface area contributed by atoms with E-state index in [0.29, 0.717) is 16.6 Å². The number of benzene rings is 2. The van der Waals surface area contributed by atoms with Crippen molar-refractivity contribution in [2.75, 3.05) is 5.32 Å². The number of nitrogens with zero attached hydrogens (tertiary/aromatic N) is 2. The Hall–Kier alpha value is -3.68. The van der Waals surface area contributed by atoms with Gasteiger partial charge in [-0.2, -0.15) is 5.10 Å². The van der Waals surface area contributed by atoms with Gasteiger partial charge in [0, 0.05) is 18.2 Å². The maximum absolute atomic E-state index is 12.8. The lowest BCUT2D eigenvalue weighted by Gasteiger charge is -2.21. The van der Waals surface area contributed by atoms with Crippen molar-refractivity contribution < 1.29 is 19.5 Å². The molecule has 0 aliphatic heterocycles. The Bertz CT molecular complexity index is 1260. The van der Waals surface area contributed by atoms with Crippen LogP contribution in [0.5, 0.6) is 0 Å². The number of carboxylic acid groups (broad SMARTS) is 1. The van der Waals surface area contributed by atoms with Gasteiger partial charge in [-0.05, 0) is 53.5 Å². The van der Waals surface area contributed by atoms with Crippen molar-refractivity contribution in [2.24, 2.45) is 0 Å². The maximum atomic E-state index is 12.8. The molecule has 2 amide bonds. The topological polar surface area (TPSA) is 113 Å². The fourth-order valence-electron chi connectivity index (χ4n) is 4.41. The van der Waals surface area contributed by atoms with Crippen LogP contribution in [0, 0.1) is 0 Å². The largest absolute Gasteiger partial charge is 0.481 e. The Balaban J connectivity index is 1.45. The van der Waals surface area contributed by atoms with E-state index >= 15 is 0 Å². The van der Waals surface area contributed by atoms with Gasteiger partial charge in [-0.25, -0.2) is 9.48 Å². The van der Waals surface area contributed by atoms with Crippen molar-refractivity contribution in [1.29, 1.82) is 0 Å². The fourth-order valence-corrected chi connectivity index (χ4v) is 4.41. The Kier molecular flexibility index (Phi) is 6.41. The first-order chi connectivity index (χ1) is 16.1. The highest BCUT2D eigenvalue weighted by atomic mass is 16.4. The van der Waals surface area contributed by atoms with Crippen LogP contribution in [0.25, 0.3) is 10.9 Å². The molecule has 0 bridgehead atoms. The average molecular weight is 463 g/mol. The molecule has 0 fully saturated rings. The summed E-state index contributed by atoms with van der Waals surface area (Å²) in [7, 11) is 0. The molecular weight excluding hydrogens is 432 g/mol. The zero-order valence-corrected chi connectivity index (χ0v) is 19.7. The number of carbonyl (C=O) groups is 3. The van der Waals surface area contributed by atoms with E-state index in [9.17, 15) is 14.4 Å². The summed E-state index contributed by atoms with van der Waals surface area (Å²) in [5.41, 5.74) is 4.93. The lowest BCUT2D eigenvalue weighted by atomic mass is 9.85. The van der Waals surface area contributed by atoms with Gasteiger partial charge in [0.05, 0.1) is 23.4 Å². The van der Waals surface area contributed by atoms with Gasteiger partial charge in [-0.3, -0.25) is 9.59 Å². The Morgan fingerprint density at radius 1 is 1.15 bits per heavy atom. The molecule has 0 unspecified atom stereocenters. The number of aryl methyl sites for hydroxylation is 1. The number of fused-ring (bicyclic) bond motifs is 2. The number of hydrogen-bond acceptors (Lipinski definition) is 4. The average Bonchev–Trinajstić information content (AvgIpc) is 3.37. The molecule has 3 N–H and O–H groups in total. The van der Waals surface area contributed by atoms with Crippen molar-refractivity contribution >= 4 is 34.5 Å². The standard InChI is InChI=1S/C26H30N4O4/c1-26(2,3)17-11-12-18-16(14-17)10-13-21(18)29-25(34)28-20-6-4-7-22-19(20)15-27-30(22)23(31)8-5-9-24(32)33/h4,6-7,11-12,14-15,21H,5,8-10,13H2,1-3H3,(H,32,33)(H2,28,29,34)/t21-/m1/s1. The number of aromatic nitrogens is 2. The van der Waals surface area contributed by atoms with Gasteiger partial charge in [0.1, 0.15) is 0 Å². The summed E-state index contributed by atoms with van der Waals surface area (Å²) in [6.07, 6.45) is 3.58. The van der Waals surface area contributed by atoms with Crippen LogP contribution in [0.4, 0.5) is 10.5 Å². The molecule has 1 aromatic heterocycles. The van der Waals surface area contributed by atoms with E-state index in [0.717, 1.165) is 18.4 Å².